The second-order valence-corrected chi connectivity index (χ2v) is 5.84. The predicted octanol–water partition coefficient (Wildman–Crippen LogP) is 4.15. The molecule has 0 radical (unpaired) electrons. The molecule has 1 atom stereocenters. The number of nitrogens with zero attached hydrogens (tertiary/aromatic N) is 2. The fraction of sp³-hybridized carbons (Fsp3) is 0.222. The van der Waals surface area contributed by atoms with E-state index in [2.05, 4.69) is 10.3 Å². The van der Waals surface area contributed by atoms with E-state index in [9.17, 15) is 18.0 Å². The maximum atomic E-state index is 12.8. The Morgan fingerprint density at radius 3 is 2.60 bits per heavy atom. The van der Waals surface area contributed by atoms with Crippen molar-refractivity contribution >= 4 is 11.6 Å². The van der Waals surface area contributed by atoms with E-state index in [0.717, 1.165) is 17.8 Å². The maximum absolute atomic E-state index is 12.8. The Balaban J connectivity index is 1.81. The number of alkyl halides is 3. The van der Waals surface area contributed by atoms with Gasteiger partial charge < -0.3 is 9.72 Å². The number of carbonyl (C=O) groups excluding carboxylic acids is 1. The summed E-state index contributed by atoms with van der Waals surface area (Å²) in [7, 11) is 0. The zero-order valence-electron chi connectivity index (χ0n) is 13.6. The maximum Gasteiger partial charge on any atom is 0.416 e. The van der Waals surface area contributed by atoms with E-state index in [1.807, 2.05) is 19.1 Å². The van der Waals surface area contributed by atoms with Crippen molar-refractivity contribution in [2.24, 2.45) is 0 Å². The Morgan fingerprint density at radius 1 is 1.20 bits per heavy atom. The topological polar surface area (TPSA) is 46.4 Å². The van der Waals surface area contributed by atoms with E-state index in [0.29, 0.717) is 11.2 Å². The van der Waals surface area contributed by atoms with E-state index < -0.39 is 23.7 Å². The number of hydrogen-bond donors (Lipinski definition) is 1. The SMILES string of the molecule is Cc1cccc2nc(C(=O)N[C@H](C)c3cccc(C(F)(F)F)c3)cn12. The van der Waals surface area contributed by atoms with Crippen molar-refractivity contribution in [2.45, 2.75) is 26.1 Å². The lowest BCUT2D eigenvalue weighted by Crippen LogP contribution is -2.27. The number of hydrogen-bond acceptors (Lipinski definition) is 2. The van der Waals surface area contributed by atoms with E-state index in [4.69, 9.17) is 0 Å². The summed E-state index contributed by atoms with van der Waals surface area (Å²) in [6.45, 7) is 3.52. The van der Waals surface area contributed by atoms with Crippen molar-refractivity contribution in [3.63, 3.8) is 0 Å². The first-order valence-corrected chi connectivity index (χ1v) is 7.68. The van der Waals surface area contributed by atoms with Gasteiger partial charge in [-0.2, -0.15) is 13.2 Å². The second-order valence-electron chi connectivity index (χ2n) is 5.84. The van der Waals surface area contributed by atoms with Crippen LogP contribution >= 0.6 is 0 Å². The summed E-state index contributed by atoms with van der Waals surface area (Å²) < 4.78 is 40.2. The Bertz CT molecular complexity index is 931. The monoisotopic (exact) mass is 347 g/mol. The molecule has 0 saturated heterocycles. The van der Waals surface area contributed by atoms with Crippen molar-refractivity contribution in [1.82, 2.24) is 14.7 Å². The summed E-state index contributed by atoms with van der Waals surface area (Å²) in [6.07, 6.45) is -2.81. The van der Waals surface area contributed by atoms with Crippen LogP contribution in [-0.4, -0.2) is 15.3 Å². The fourth-order valence-corrected chi connectivity index (χ4v) is 2.60. The third-order valence-electron chi connectivity index (χ3n) is 3.99. The largest absolute Gasteiger partial charge is 0.416 e. The minimum atomic E-state index is -4.42. The first kappa shape index (κ1) is 17.0. The molecule has 4 nitrogen and oxygen atoms in total. The lowest BCUT2D eigenvalue weighted by molar-refractivity contribution is -0.137. The number of aromatic nitrogens is 2. The van der Waals surface area contributed by atoms with Gasteiger partial charge in [0.2, 0.25) is 0 Å². The van der Waals surface area contributed by atoms with E-state index in [1.165, 1.54) is 6.07 Å². The zero-order valence-corrected chi connectivity index (χ0v) is 13.6. The summed E-state index contributed by atoms with van der Waals surface area (Å²) in [4.78, 5) is 16.6. The molecule has 0 spiro atoms. The van der Waals surface area contributed by atoms with Crippen molar-refractivity contribution in [3.05, 3.63) is 71.2 Å². The molecule has 0 aliphatic heterocycles. The Labute approximate surface area is 142 Å². The van der Waals surface area contributed by atoms with Gasteiger partial charge in [0.1, 0.15) is 11.3 Å². The molecule has 0 aliphatic carbocycles. The van der Waals surface area contributed by atoms with Crippen molar-refractivity contribution in [2.75, 3.05) is 0 Å². The third-order valence-corrected chi connectivity index (χ3v) is 3.99. The molecule has 7 heteroatoms. The lowest BCUT2D eigenvalue weighted by Gasteiger charge is -2.15. The summed E-state index contributed by atoms with van der Waals surface area (Å²) in [6, 6.07) is 9.84. The first-order valence-electron chi connectivity index (χ1n) is 7.68. The van der Waals surface area contributed by atoms with E-state index >= 15 is 0 Å². The van der Waals surface area contributed by atoms with Crippen LogP contribution in [0.4, 0.5) is 13.2 Å². The van der Waals surface area contributed by atoms with Crippen LogP contribution in [-0.2, 0) is 6.18 Å². The highest BCUT2D eigenvalue weighted by Gasteiger charge is 2.30. The fourth-order valence-electron chi connectivity index (χ4n) is 2.60. The van der Waals surface area contributed by atoms with E-state index in [-0.39, 0.29) is 5.69 Å². The Hall–Kier alpha value is -2.83. The van der Waals surface area contributed by atoms with Crippen LogP contribution in [0.3, 0.4) is 0 Å². The molecule has 0 bridgehead atoms. The predicted molar refractivity (Wildman–Crippen MR) is 87.3 cm³/mol. The molecule has 0 unspecified atom stereocenters. The minimum Gasteiger partial charge on any atom is -0.344 e. The second kappa shape index (κ2) is 6.23. The number of fused-ring (bicyclic) bond motifs is 1. The molecule has 0 saturated carbocycles. The molecule has 3 aromatic rings. The number of aryl methyl sites for hydroxylation is 1. The molecule has 2 aromatic heterocycles. The van der Waals surface area contributed by atoms with Gasteiger partial charge in [-0.1, -0.05) is 18.2 Å². The van der Waals surface area contributed by atoms with Crippen molar-refractivity contribution in [3.8, 4) is 0 Å². The first-order chi connectivity index (χ1) is 11.8. The molecule has 1 aromatic carbocycles. The summed E-state index contributed by atoms with van der Waals surface area (Å²) in [5.41, 5.74) is 1.41. The standard InChI is InChI=1S/C18H16F3N3O/c1-11-5-3-8-16-23-15(10-24(11)16)17(25)22-12(2)13-6-4-7-14(9-13)18(19,20)21/h3-10,12H,1-2H3,(H,22,25)/t12-/m1/s1. The average molecular weight is 347 g/mol. The molecule has 1 N–H and O–H groups in total. The molecular weight excluding hydrogens is 331 g/mol. The number of amides is 1. The summed E-state index contributed by atoms with van der Waals surface area (Å²) in [5, 5.41) is 2.69. The molecule has 3 rings (SSSR count). The van der Waals surface area contributed by atoms with Gasteiger partial charge in [0.05, 0.1) is 11.6 Å². The highest BCUT2D eigenvalue weighted by molar-refractivity contribution is 5.93. The van der Waals surface area contributed by atoms with Gasteiger partial charge in [0, 0.05) is 11.9 Å². The van der Waals surface area contributed by atoms with Gasteiger partial charge in [-0.05, 0) is 43.7 Å². The number of benzene rings is 1. The highest BCUT2D eigenvalue weighted by Crippen LogP contribution is 2.30. The van der Waals surface area contributed by atoms with Crippen LogP contribution in [0.25, 0.3) is 5.65 Å². The van der Waals surface area contributed by atoms with Crippen LogP contribution in [0.1, 0.15) is 40.3 Å². The lowest BCUT2D eigenvalue weighted by atomic mass is 10.0. The third kappa shape index (κ3) is 3.50. The van der Waals surface area contributed by atoms with Crippen LogP contribution in [0, 0.1) is 6.92 Å². The number of imidazole rings is 1. The quantitative estimate of drug-likeness (QED) is 0.774. The van der Waals surface area contributed by atoms with Gasteiger partial charge in [0.15, 0.2) is 0 Å². The van der Waals surface area contributed by atoms with Gasteiger partial charge in [-0.3, -0.25) is 4.79 Å². The normalized spacial score (nSPS) is 13.0. The van der Waals surface area contributed by atoms with Gasteiger partial charge in [-0.25, -0.2) is 4.98 Å². The van der Waals surface area contributed by atoms with E-state index in [1.54, 1.807) is 29.7 Å². The minimum absolute atomic E-state index is 0.216. The molecular formula is C18H16F3N3O. The smallest absolute Gasteiger partial charge is 0.344 e. The van der Waals surface area contributed by atoms with Crippen LogP contribution in [0.2, 0.25) is 0 Å². The molecule has 130 valence electrons. The summed E-state index contributed by atoms with van der Waals surface area (Å²) in [5.74, 6) is -0.437. The number of rotatable bonds is 3. The van der Waals surface area contributed by atoms with Gasteiger partial charge >= 0.3 is 6.18 Å². The number of nitrogens with one attached hydrogen (secondary N) is 1. The Kier molecular flexibility index (Phi) is 4.24. The molecule has 0 fully saturated rings. The van der Waals surface area contributed by atoms with Gasteiger partial charge in [0.25, 0.3) is 5.91 Å². The number of carbonyl (C=O) groups is 1. The molecule has 0 aliphatic rings. The van der Waals surface area contributed by atoms with Crippen molar-refractivity contribution in [1.29, 1.82) is 0 Å². The number of halogens is 3. The number of pyridine rings is 1. The van der Waals surface area contributed by atoms with Crippen LogP contribution < -0.4 is 5.32 Å². The van der Waals surface area contributed by atoms with Crippen LogP contribution in [0.5, 0.6) is 0 Å². The molecule has 1 amide bonds. The summed E-state index contributed by atoms with van der Waals surface area (Å²) >= 11 is 0. The van der Waals surface area contributed by atoms with Gasteiger partial charge in [-0.15, -0.1) is 0 Å². The highest BCUT2D eigenvalue weighted by atomic mass is 19.4. The Morgan fingerprint density at radius 2 is 1.92 bits per heavy atom. The molecule has 25 heavy (non-hydrogen) atoms. The van der Waals surface area contributed by atoms with Crippen LogP contribution in [0.15, 0.2) is 48.7 Å². The molecule has 2 heterocycles. The van der Waals surface area contributed by atoms with Crippen molar-refractivity contribution < 1.29 is 18.0 Å². The zero-order chi connectivity index (χ0) is 18.2. The average Bonchev–Trinajstić information content (AvgIpc) is 3.00.